The van der Waals surface area contributed by atoms with Crippen LogP contribution in [0.1, 0.15) is 56.9 Å². The first kappa shape index (κ1) is 22.2. The third-order valence-corrected chi connectivity index (χ3v) is 7.13. The van der Waals surface area contributed by atoms with Crippen molar-refractivity contribution >= 4 is 16.2 Å². The van der Waals surface area contributed by atoms with Gasteiger partial charge in [0, 0.05) is 19.6 Å². The van der Waals surface area contributed by atoms with E-state index < -0.39 is 22.2 Å². The van der Waals surface area contributed by atoms with E-state index in [-0.39, 0.29) is 0 Å². The summed E-state index contributed by atoms with van der Waals surface area (Å²) in [5, 5.41) is 1.75. The molecule has 0 aromatic heterocycles. The zero-order chi connectivity index (χ0) is 20.5. The van der Waals surface area contributed by atoms with E-state index in [0.717, 1.165) is 51.4 Å². The Morgan fingerprint density at radius 3 is 2.48 bits per heavy atom. The summed E-state index contributed by atoms with van der Waals surface area (Å²) < 4.78 is 32.5. The van der Waals surface area contributed by atoms with Gasteiger partial charge in [-0.05, 0) is 56.9 Å². The number of benzene rings is 1. The minimum Gasteiger partial charge on any atom is -0.464 e. The molecule has 1 aromatic rings. The van der Waals surface area contributed by atoms with Gasteiger partial charge >= 0.3 is 5.97 Å². The molecule has 2 aliphatic heterocycles. The van der Waals surface area contributed by atoms with Crippen LogP contribution in [0.15, 0.2) is 30.3 Å². The van der Waals surface area contributed by atoms with Gasteiger partial charge in [-0.1, -0.05) is 36.8 Å². The van der Waals surface area contributed by atoms with Gasteiger partial charge in [0.2, 0.25) is 0 Å². The smallest absolute Gasteiger partial charge is 0.324 e. The molecule has 8 heteroatoms. The number of nitrogens with one attached hydrogen (secondary N) is 1. The Morgan fingerprint density at radius 2 is 1.72 bits per heavy atom. The molecule has 0 aliphatic carbocycles. The highest BCUT2D eigenvalue weighted by atomic mass is 32.2. The van der Waals surface area contributed by atoms with E-state index in [4.69, 9.17) is 4.74 Å². The molecule has 0 radical (unpaired) electrons. The van der Waals surface area contributed by atoms with Crippen molar-refractivity contribution in [1.29, 1.82) is 0 Å². The lowest BCUT2D eigenvalue weighted by molar-refractivity contribution is -0.149. The van der Waals surface area contributed by atoms with Crippen molar-refractivity contribution in [3.63, 3.8) is 0 Å². The number of hydrogen-bond donors (Lipinski definition) is 1. The van der Waals surface area contributed by atoms with E-state index in [9.17, 15) is 13.2 Å². The molecule has 0 bridgehead atoms. The van der Waals surface area contributed by atoms with Crippen LogP contribution in [0.4, 0.5) is 0 Å². The fourth-order valence-electron chi connectivity index (χ4n) is 3.97. The predicted molar refractivity (Wildman–Crippen MR) is 112 cm³/mol. The maximum Gasteiger partial charge on any atom is 0.324 e. The number of hydrazine groups is 1. The summed E-state index contributed by atoms with van der Waals surface area (Å²) in [6.45, 7) is 2.11. The van der Waals surface area contributed by atoms with Crippen molar-refractivity contribution in [2.24, 2.45) is 0 Å². The van der Waals surface area contributed by atoms with Crippen LogP contribution in [0.2, 0.25) is 0 Å². The lowest BCUT2D eigenvalue weighted by Crippen LogP contribution is -2.57. The van der Waals surface area contributed by atoms with Crippen molar-refractivity contribution in [3.8, 4) is 0 Å². The molecule has 0 amide bonds. The SMILES string of the molecule is O=C(OCCCCc1ccccc1)C1CCCCN1S(=O)(=O)NN1CCCCC1. The second kappa shape index (κ2) is 11.1. The van der Waals surface area contributed by atoms with Gasteiger partial charge in [0.1, 0.15) is 6.04 Å². The van der Waals surface area contributed by atoms with Crippen LogP contribution in [0, 0.1) is 0 Å². The second-order valence-corrected chi connectivity index (χ2v) is 9.48. The molecule has 0 spiro atoms. The quantitative estimate of drug-likeness (QED) is 0.488. The highest BCUT2D eigenvalue weighted by Crippen LogP contribution is 2.22. The standard InChI is InChI=1S/C21H33N3O4S/c25-21(28-18-10-6-13-19-11-3-1-4-12-19)20-14-5-9-17-24(20)29(26,27)22-23-15-7-2-8-16-23/h1,3-4,11-12,20,22H,2,5-10,13-18H2. The third-order valence-electron chi connectivity index (χ3n) is 5.58. The number of nitrogens with zero attached hydrogens (tertiary/aromatic N) is 2. The van der Waals surface area contributed by atoms with E-state index in [0.29, 0.717) is 32.7 Å². The molecule has 1 unspecified atom stereocenters. The number of piperidine rings is 2. The molecule has 1 N–H and O–H groups in total. The summed E-state index contributed by atoms with van der Waals surface area (Å²) >= 11 is 0. The zero-order valence-corrected chi connectivity index (χ0v) is 17.9. The normalized spacial score (nSPS) is 21.7. The number of hydrogen-bond acceptors (Lipinski definition) is 5. The molecule has 2 aliphatic rings. The van der Waals surface area contributed by atoms with Gasteiger partial charge in [-0.3, -0.25) is 4.79 Å². The van der Waals surface area contributed by atoms with Crippen molar-refractivity contribution in [3.05, 3.63) is 35.9 Å². The fraction of sp³-hybridized carbons (Fsp3) is 0.667. The van der Waals surface area contributed by atoms with E-state index in [1.807, 2.05) is 18.2 Å². The van der Waals surface area contributed by atoms with Crippen molar-refractivity contribution in [2.75, 3.05) is 26.2 Å². The number of carbonyl (C=O) groups excluding carboxylic acids is 1. The van der Waals surface area contributed by atoms with Crippen LogP contribution in [0.3, 0.4) is 0 Å². The Bertz CT molecular complexity index is 736. The molecule has 2 heterocycles. The number of unbranched alkanes of at least 4 members (excludes halogenated alkanes) is 1. The average Bonchev–Trinajstić information content (AvgIpc) is 2.74. The highest BCUT2D eigenvalue weighted by molar-refractivity contribution is 7.87. The van der Waals surface area contributed by atoms with Crippen molar-refractivity contribution in [2.45, 2.75) is 63.8 Å². The summed E-state index contributed by atoms with van der Waals surface area (Å²) in [5.41, 5.74) is 1.27. The summed E-state index contributed by atoms with van der Waals surface area (Å²) in [5.74, 6) is -0.423. The summed E-state index contributed by atoms with van der Waals surface area (Å²) in [4.78, 5) is 15.3. The Labute approximate surface area is 174 Å². The molecular formula is C21H33N3O4S. The van der Waals surface area contributed by atoms with E-state index in [2.05, 4.69) is 17.0 Å². The Hall–Kier alpha value is -1.48. The molecular weight excluding hydrogens is 390 g/mol. The van der Waals surface area contributed by atoms with Gasteiger partial charge in [-0.15, -0.1) is 4.83 Å². The van der Waals surface area contributed by atoms with Crippen LogP contribution in [0.25, 0.3) is 0 Å². The topological polar surface area (TPSA) is 78.9 Å². The van der Waals surface area contributed by atoms with Crippen LogP contribution in [-0.2, 0) is 26.2 Å². The summed E-state index contributed by atoms with van der Waals surface area (Å²) in [6.07, 6.45) is 7.86. The Morgan fingerprint density at radius 1 is 1.00 bits per heavy atom. The average molecular weight is 424 g/mol. The van der Waals surface area contributed by atoms with Gasteiger partial charge < -0.3 is 4.74 Å². The van der Waals surface area contributed by atoms with Gasteiger partial charge in [-0.25, -0.2) is 5.01 Å². The molecule has 2 saturated heterocycles. The summed E-state index contributed by atoms with van der Waals surface area (Å²) in [7, 11) is -3.74. The van der Waals surface area contributed by atoms with Crippen molar-refractivity contribution < 1.29 is 17.9 Å². The Kier molecular flexibility index (Phi) is 8.47. The molecule has 2 fully saturated rings. The maximum atomic E-state index is 12.9. The Balaban J connectivity index is 1.47. The van der Waals surface area contributed by atoms with E-state index in [1.54, 1.807) is 5.01 Å². The molecule has 1 atom stereocenters. The molecule has 0 saturated carbocycles. The first-order chi connectivity index (χ1) is 14.1. The third kappa shape index (κ3) is 6.77. The largest absolute Gasteiger partial charge is 0.464 e. The molecule has 162 valence electrons. The van der Waals surface area contributed by atoms with Crippen LogP contribution in [-0.4, -0.2) is 56.0 Å². The number of ether oxygens (including phenoxy) is 1. The number of esters is 1. The van der Waals surface area contributed by atoms with Crippen LogP contribution < -0.4 is 4.83 Å². The number of aryl methyl sites for hydroxylation is 1. The van der Waals surface area contributed by atoms with Gasteiger partial charge in [0.25, 0.3) is 10.2 Å². The van der Waals surface area contributed by atoms with Crippen LogP contribution >= 0.6 is 0 Å². The van der Waals surface area contributed by atoms with E-state index in [1.165, 1.54) is 9.87 Å². The summed E-state index contributed by atoms with van der Waals surface area (Å²) in [6, 6.07) is 9.49. The second-order valence-electron chi connectivity index (χ2n) is 7.88. The minimum absolute atomic E-state index is 0.329. The maximum absolute atomic E-state index is 12.9. The van der Waals surface area contributed by atoms with Crippen LogP contribution in [0.5, 0.6) is 0 Å². The fourth-order valence-corrected chi connectivity index (χ4v) is 5.48. The molecule has 3 rings (SSSR count). The number of carbonyl (C=O) groups is 1. The van der Waals surface area contributed by atoms with Gasteiger partial charge in [0.15, 0.2) is 0 Å². The lowest BCUT2D eigenvalue weighted by Gasteiger charge is -2.35. The predicted octanol–water partition coefficient (Wildman–Crippen LogP) is 2.64. The zero-order valence-electron chi connectivity index (χ0n) is 17.1. The number of rotatable bonds is 9. The first-order valence-corrected chi connectivity index (χ1v) is 12.2. The van der Waals surface area contributed by atoms with Gasteiger partial charge in [0.05, 0.1) is 6.61 Å². The van der Waals surface area contributed by atoms with Crippen molar-refractivity contribution in [1.82, 2.24) is 14.1 Å². The molecule has 7 nitrogen and oxygen atoms in total. The first-order valence-electron chi connectivity index (χ1n) is 10.8. The minimum atomic E-state index is -3.74. The highest BCUT2D eigenvalue weighted by Gasteiger charge is 2.38. The van der Waals surface area contributed by atoms with E-state index >= 15 is 0 Å². The van der Waals surface area contributed by atoms with Gasteiger partial charge in [-0.2, -0.15) is 12.7 Å². The molecule has 29 heavy (non-hydrogen) atoms. The lowest BCUT2D eigenvalue weighted by atomic mass is 10.1. The molecule has 1 aromatic carbocycles. The monoisotopic (exact) mass is 423 g/mol.